The maximum absolute atomic E-state index is 14.0. The first-order chi connectivity index (χ1) is 17.8. The van der Waals surface area contributed by atoms with E-state index in [0.717, 1.165) is 10.8 Å². The number of likely N-dealkylation sites (tertiary alicyclic amines) is 1. The molecule has 2 aliphatic rings. The van der Waals surface area contributed by atoms with E-state index in [9.17, 15) is 18.0 Å². The third-order valence-corrected chi connectivity index (χ3v) is 9.71. The molecule has 2 amide bonds. The third kappa shape index (κ3) is 5.23. The summed E-state index contributed by atoms with van der Waals surface area (Å²) in [6.07, 6.45) is 1.89. The van der Waals surface area contributed by atoms with Gasteiger partial charge in [-0.1, -0.05) is 23.7 Å². The lowest BCUT2D eigenvalue weighted by atomic mass is 10.1. The van der Waals surface area contributed by atoms with Crippen molar-refractivity contribution in [2.45, 2.75) is 36.9 Å². The number of rotatable bonds is 7. The van der Waals surface area contributed by atoms with Gasteiger partial charge in [-0.15, -0.1) is 11.3 Å². The second-order valence-electron chi connectivity index (χ2n) is 9.08. The Labute approximate surface area is 224 Å². The second-order valence-corrected chi connectivity index (χ2v) is 12.4. The van der Waals surface area contributed by atoms with E-state index in [1.54, 1.807) is 53.7 Å². The largest absolute Gasteiger partial charge is 0.378 e. The van der Waals surface area contributed by atoms with Crippen LogP contribution in [-0.2, 0) is 30.9 Å². The fraction of sp³-hybridized carbons (Fsp3) is 0.400. The van der Waals surface area contributed by atoms with Gasteiger partial charge in [0.1, 0.15) is 17.1 Å². The molecule has 0 aliphatic carbocycles. The molecule has 2 unspecified atom stereocenters. The number of carbonyl (C=O) groups is 2. The summed E-state index contributed by atoms with van der Waals surface area (Å²) >= 11 is 7.41. The Morgan fingerprint density at radius 3 is 2.65 bits per heavy atom. The van der Waals surface area contributed by atoms with Crippen LogP contribution < -0.4 is 0 Å². The number of amides is 2. The van der Waals surface area contributed by atoms with Crippen LogP contribution in [0.15, 0.2) is 52.9 Å². The first-order valence-corrected chi connectivity index (χ1v) is 14.7. The van der Waals surface area contributed by atoms with E-state index >= 15 is 0 Å². The van der Waals surface area contributed by atoms with E-state index in [1.807, 2.05) is 0 Å². The molecule has 3 aromatic rings. The molecule has 12 heteroatoms. The van der Waals surface area contributed by atoms with Crippen LogP contribution >= 0.6 is 22.9 Å². The fourth-order valence-corrected chi connectivity index (χ4v) is 7.32. The Balaban J connectivity index is 1.44. The van der Waals surface area contributed by atoms with Gasteiger partial charge in [-0.3, -0.25) is 9.59 Å². The average Bonchev–Trinajstić information content (AvgIpc) is 3.56. The van der Waals surface area contributed by atoms with E-state index in [1.165, 1.54) is 26.6 Å². The lowest BCUT2D eigenvalue weighted by Gasteiger charge is -2.33. The van der Waals surface area contributed by atoms with E-state index in [2.05, 4.69) is 4.98 Å². The highest BCUT2D eigenvalue weighted by Crippen LogP contribution is 2.31. The van der Waals surface area contributed by atoms with Gasteiger partial charge >= 0.3 is 0 Å². The number of thiazole rings is 1. The number of morpholine rings is 1. The topological polar surface area (TPSA) is 100 Å². The van der Waals surface area contributed by atoms with Crippen molar-refractivity contribution in [3.05, 3.63) is 58.0 Å². The average molecular weight is 563 g/mol. The zero-order chi connectivity index (χ0) is 26.2. The van der Waals surface area contributed by atoms with Crippen molar-refractivity contribution in [3.63, 3.8) is 0 Å². The Morgan fingerprint density at radius 1 is 1.19 bits per heavy atom. The van der Waals surface area contributed by atoms with Crippen molar-refractivity contribution in [1.82, 2.24) is 19.1 Å². The number of hydrogen-bond acceptors (Lipinski definition) is 7. The highest BCUT2D eigenvalue weighted by Gasteiger charge is 2.45. The monoisotopic (exact) mass is 562 g/mol. The molecule has 2 aromatic carbocycles. The minimum atomic E-state index is -4.08. The standard InChI is InChI=1S/C25H27ClN4O5S2/c1-17(24(31)28-9-11-35-12-10-28)29-8-6-22(25(29)32)30(16-23-27-7-13-36-23)37(33,34)21-5-3-18-14-20(26)4-2-19(18)15-21/h2-5,7,13-15,17,22H,6,8-12,16H2,1H3. The van der Waals surface area contributed by atoms with Crippen LogP contribution in [0.5, 0.6) is 0 Å². The Bertz CT molecular complexity index is 1410. The molecule has 0 spiro atoms. The van der Waals surface area contributed by atoms with Crippen LogP contribution in [0.1, 0.15) is 18.4 Å². The lowest BCUT2D eigenvalue weighted by molar-refractivity contribution is -0.146. The number of fused-ring (bicyclic) bond motifs is 1. The van der Waals surface area contributed by atoms with Crippen LogP contribution in [0.4, 0.5) is 0 Å². The van der Waals surface area contributed by atoms with Gasteiger partial charge in [-0.2, -0.15) is 4.31 Å². The number of sulfonamides is 1. The van der Waals surface area contributed by atoms with Crippen molar-refractivity contribution in [1.29, 1.82) is 0 Å². The van der Waals surface area contributed by atoms with Crippen molar-refractivity contribution in [3.8, 4) is 0 Å². The first kappa shape index (κ1) is 26.1. The van der Waals surface area contributed by atoms with Crippen LogP contribution in [0.2, 0.25) is 5.02 Å². The van der Waals surface area contributed by atoms with Crippen LogP contribution in [0, 0.1) is 0 Å². The fourth-order valence-electron chi connectivity index (χ4n) is 4.84. The summed E-state index contributed by atoms with van der Waals surface area (Å²) in [6, 6.07) is 8.46. The number of benzene rings is 2. The normalized spacial score (nSPS) is 19.6. The number of halogens is 1. The molecular formula is C25H27ClN4O5S2. The number of aromatic nitrogens is 1. The van der Waals surface area contributed by atoms with Gasteiger partial charge < -0.3 is 14.5 Å². The van der Waals surface area contributed by atoms with E-state index in [4.69, 9.17) is 16.3 Å². The summed E-state index contributed by atoms with van der Waals surface area (Å²) < 4.78 is 34.5. The predicted octanol–water partition coefficient (Wildman–Crippen LogP) is 2.99. The van der Waals surface area contributed by atoms with Crippen LogP contribution in [-0.4, -0.2) is 84.3 Å². The van der Waals surface area contributed by atoms with Gasteiger partial charge in [0.25, 0.3) is 0 Å². The molecule has 3 heterocycles. The molecule has 2 atom stereocenters. The van der Waals surface area contributed by atoms with Gasteiger partial charge in [0.2, 0.25) is 21.8 Å². The van der Waals surface area contributed by atoms with Gasteiger partial charge in [0, 0.05) is 36.2 Å². The van der Waals surface area contributed by atoms with Gasteiger partial charge in [0.05, 0.1) is 24.7 Å². The van der Waals surface area contributed by atoms with Gasteiger partial charge in [-0.05, 0) is 48.4 Å². The molecule has 9 nitrogen and oxygen atoms in total. The van der Waals surface area contributed by atoms with E-state index in [-0.39, 0.29) is 29.7 Å². The Morgan fingerprint density at radius 2 is 1.92 bits per heavy atom. The summed E-state index contributed by atoms with van der Waals surface area (Å²) in [5.74, 6) is -0.526. The Hall–Kier alpha value is -2.57. The second kappa shape index (κ2) is 10.7. The number of ether oxygens (including phenoxy) is 1. The van der Waals surface area contributed by atoms with E-state index < -0.39 is 22.1 Å². The molecule has 2 aliphatic heterocycles. The summed E-state index contributed by atoms with van der Waals surface area (Å²) in [5.41, 5.74) is 0. The van der Waals surface area contributed by atoms with Gasteiger partial charge in [0.15, 0.2) is 0 Å². The minimum absolute atomic E-state index is 0.0330. The zero-order valence-electron chi connectivity index (χ0n) is 20.2. The van der Waals surface area contributed by atoms with Crippen molar-refractivity contribution >= 4 is 55.5 Å². The molecule has 5 rings (SSSR count). The summed E-state index contributed by atoms with van der Waals surface area (Å²) in [7, 11) is -4.08. The quantitative estimate of drug-likeness (QED) is 0.439. The maximum atomic E-state index is 14.0. The van der Waals surface area contributed by atoms with Gasteiger partial charge in [-0.25, -0.2) is 13.4 Å². The van der Waals surface area contributed by atoms with Crippen LogP contribution in [0.25, 0.3) is 10.8 Å². The molecule has 37 heavy (non-hydrogen) atoms. The number of hydrogen-bond donors (Lipinski definition) is 0. The van der Waals surface area contributed by atoms with E-state index in [0.29, 0.717) is 42.9 Å². The SMILES string of the molecule is CC(C(=O)N1CCOCC1)N1CCC(N(Cc2nccs2)S(=O)(=O)c2ccc3cc(Cl)ccc3c2)C1=O. The highest BCUT2D eigenvalue weighted by molar-refractivity contribution is 7.89. The molecule has 0 saturated carbocycles. The predicted molar refractivity (Wildman–Crippen MR) is 141 cm³/mol. The van der Waals surface area contributed by atoms with Crippen molar-refractivity contribution in [2.24, 2.45) is 0 Å². The number of carbonyl (C=O) groups excluding carboxylic acids is 2. The minimum Gasteiger partial charge on any atom is -0.378 e. The lowest BCUT2D eigenvalue weighted by Crippen LogP contribution is -2.53. The van der Waals surface area contributed by atoms with Crippen molar-refractivity contribution < 1.29 is 22.7 Å². The summed E-state index contributed by atoms with van der Waals surface area (Å²) in [5, 5.41) is 4.46. The molecule has 2 saturated heterocycles. The summed E-state index contributed by atoms with van der Waals surface area (Å²) in [6.45, 7) is 3.85. The van der Waals surface area contributed by atoms with Crippen LogP contribution in [0.3, 0.4) is 0 Å². The van der Waals surface area contributed by atoms with Crippen molar-refractivity contribution in [2.75, 3.05) is 32.8 Å². The molecule has 0 radical (unpaired) electrons. The zero-order valence-corrected chi connectivity index (χ0v) is 22.6. The highest BCUT2D eigenvalue weighted by atomic mass is 35.5. The third-order valence-electron chi connectivity index (χ3n) is 6.86. The molecule has 1 aromatic heterocycles. The first-order valence-electron chi connectivity index (χ1n) is 12.0. The molecular weight excluding hydrogens is 536 g/mol. The summed E-state index contributed by atoms with van der Waals surface area (Å²) in [4.78, 5) is 34.2. The molecule has 0 N–H and O–H groups in total. The maximum Gasteiger partial charge on any atom is 0.245 e. The smallest absolute Gasteiger partial charge is 0.245 e. The molecule has 196 valence electrons. The molecule has 2 fully saturated rings. The number of nitrogens with zero attached hydrogens (tertiary/aromatic N) is 4. The Kier molecular flexibility index (Phi) is 7.51. The molecule has 0 bridgehead atoms.